The maximum Gasteiger partial charge on any atom is 0.322 e. The number of aromatic nitrogens is 3. The normalized spacial score (nSPS) is 20.7. The molecule has 0 spiro atoms. The summed E-state index contributed by atoms with van der Waals surface area (Å²) in [5.41, 5.74) is 1.35. The van der Waals surface area contributed by atoms with Gasteiger partial charge in [0.2, 0.25) is 0 Å². The molecule has 176 valence electrons. The van der Waals surface area contributed by atoms with Gasteiger partial charge >= 0.3 is 6.03 Å². The van der Waals surface area contributed by atoms with Gasteiger partial charge in [-0.15, -0.1) is 12.4 Å². The van der Waals surface area contributed by atoms with E-state index in [2.05, 4.69) is 15.7 Å². The van der Waals surface area contributed by atoms with Crippen LogP contribution in [0.15, 0.2) is 36.7 Å². The van der Waals surface area contributed by atoms with Gasteiger partial charge in [-0.05, 0) is 44.0 Å². The van der Waals surface area contributed by atoms with Crippen LogP contribution in [0.2, 0.25) is 0 Å². The zero-order chi connectivity index (χ0) is 22.2. The molecule has 2 amide bonds. The van der Waals surface area contributed by atoms with Gasteiger partial charge < -0.3 is 20.4 Å². The van der Waals surface area contributed by atoms with Crippen LogP contribution < -0.4 is 15.5 Å². The van der Waals surface area contributed by atoms with Crippen molar-refractivity contribution < 1.29 is 13.6 Å². The van der Waals surface area contributed by atoms with Crippen molar-refractivity contribution in [1.29, 1.82) is 0 Å². The predicted octanol–water partition coefficient (Wildman–Crippen LogP) is 3.60. The van der Waals surface area contributed by atoms with Gasteiger partial charge in [0, 0.05) is 44.0 Å². The number of carbonyl (C=O) groups excluding carboxylic acids is 1. The fraction of sp³-hybridized carbons (Fsp3) is 0.409. The molecule has 4 heterocycles. The lowest BCUT2D eigenvalue weighted by atomic mass is 10.0. The van der Waals surface area contributed by atoms with E-state index in [4.69, 9.17) is 4.98 Å². The van der Waals surface area contributed by atoms with Gasteiger partial charge in [-0.25, -0.2) is 23.1 Å². The number of amides is 2. The van der Waals surface area contributed by atoms with Crippen LogP contribution in [0, 0.1) is 11.6 Å². The summed E-state index contributed by atoms with van der Waals surface area (Å²) in [4.78, 5) is 21.2. The number of halogens is 3. The number of nitrogens with zero attached hydrogens (tertiary/aromatic N) is 5. The van der Waals surface area contributed by atoms with E-state index in [9.17, 15) is 13.6 Å². The molecule has 2 aliphatic rings. The molecule has 0 aliphatic carbocycles. The minimum atomic E-state index is -0.459. The lowest BCUT2D eigenvalue weighted by molar-refractivity contribution is 0.192. The molecular weight excluding hydrogens is 452 g/mol. The van der Waals surface area contributed by atoms with Crippen molar-refractivity contribution in [2.45, 2.75) is 31.8 Å². The van der Waals surface area contributed by atoms with Crippen LogP contribution in [-0.4, -0.2) is 57.7 Å². The number of hydrogen-bond acceptors (Lipinski definition) is 5. The molecule has 8 nitrogen and oxygen atoms in total. The molecule has 0 saturated carbocycles. The van der Waals surface area contributed by atoms with E-state index >= 15 is 0 Å². The Balaban J connectivity index is 0.00000259. The molecule has 0 radical (unpaired) electrons. The fourth-order valence-electron chi connectivity index (χ4n) is 4.55. The van der Waals surface area contributed by atoms with E-state index < -0.39 is 11.6 Å². The highest BCUT2D eigenvalue weighted by atomic mass is 35.5. The first kappa shape index (κ1) is 23.2. The molecule has 1 aromatic carbocycles. The van der Waals surface area contributed by atoms with Gasteiger partial charge in [-0.3, -0.25) is 0 Å². The first-order chi connectivity index (χ1) is 15.5. The van der Waals surface area contributed by atoms with Gasteiger partial charge in [-0.2, -0.15) is 5.10 Å². The quantitative estimate of drug-likeness (QED) is 0.602. The number of anilines is 2. The highest BCUT2D eigenvalue weighted by Crippen LogP contribution is 2.37. The van der Waals surface area contributed by atoms with Gasteiger partial charge in [0.15, 0.2) is 5.65 Å². The van der Waals surface area contributed by atoms with Crippen molar-refractivity contribution in [3.05, 3.63) is 53.9 Å². The maximum atomic E-state index is 14.4. The summed E-state index contributed by atoms with van der Waals surface area (Å²) in [6, 6.07) is 5.10. The summed E-state index contributed by atoms with van der Waals surface area (Å²) in [6.45, 7) is 4.72. The fourth-order valence-corrected chi connectivity index (χ4v) is 4.55. The topological polar surface area (TPSA) is 77.8 Å². The number of urea groups is 1. The van der Waals surface area contributed by atoms with Crippen molar-refractivity contribution in [1.82, 2.24) is 24.8 Å². The number of fused-ring (bicyclic) bond motifs is 1. The van der Waals surface area contributed by atoms with E-state index in [1.165, 1.54) is 12.1 Å². The molecule has 2 fully saturated rings. The van der Waals surface area contributed by atoms with Crippen LogP contribution in [0.5, 0.6) is 0 Å². The Bertz CT molecular complexity index is 1160. The summed E-state index contributed by atoms with van der Waals surface area (Å²) >= 11 is 0. The largest absolute Gasteiger partial charge is 0.349 e. The Morgan fingerprint density at radius 3 is 2.91 bits per heavy atom. The second-order valence-electron chi connectivity index (χ2n) is 8.36. The number of carbonyl (C=O) groups is 1. The molecule has 11 heteroatoms. The predicted molar refractivity (Wildman–Crippen MR) is 124 cm³/mol. The summed E-state index contributed by atoms with van der Waals surface area (Å²) in [6.07, 6.45) is 4.88. The average Bonchev–Trinajstić information content (AvgIpc) is 3.42. The molecular formula is C22H26ClF2N7O. The van der Waals surface area contributed by atoms with Gasteiger partial charge in [0.05, 0.1) is 12.2 Å². The highest BCUT2D eigenvalue weighted by Gasteiger charge is 2.30. The van der Waals surface area contributed by atoms with Crippen molar-refractivity contribution in [2.24, 2.45) is 0 Å². The Kier molecular flexibility index (Phi) is 6.66. The van der Waals surface area contributed by atoms with Crippen molar-refractivity contribution in [3.8, 4) is 0 Å². The molecule has 0 bridgehead atoms. The third kappa shape index (κ3) is 4.58. The number of piperazine rings is 1. The second kappa shape index (κ2) is 9.48. The number of rotatable bonds is 3. The third-order valence-electron chi connectivity index (χ3n) is 6.12. The zero-order valence-corrected chi connectivity index (χ0v) is 19.0. The number of benzene rings is 1. The van der Waals surface area contributed by atoms with E-state index in [0.29, 0.717) is 48.8 Å². The molecule has 2 aromatic heterocycles. The first-order valence-electron chi connectivity index (χ1n) is 10.8. The molecule has 33 heavy (non-hydrogen) atoms. The molecule has 3 aromatic rings. The summed E-state index contributed by atoms with van der Waals surface area (Å²) in [7, 11) is 0. The van der Waals surface area contributed by atoms with E-state index in [1.807, 2.05) is 11.8 Å². The van der Waals surface area contributed by atoms with Crippen molar-refractivity contribution in [2.75, 3.05) is 36.4 Å². The van der Waals surface area contributed by atoms with Gasteiger partial charge in [-0.1, -0.05) is 0 Å². The van der Waals surface area contributed by atoms with Gasteiger partial charge in [0.1, 0.15) is 23.1 Å². The summed E-state index contributed by atoms with van der Waals surface area (Å²) < 4.78 is 29.8. The molecule has 2 saturated heterocycles. The lowest BCUT2D eigenvalue weighted by Crippen LogP contribution is -2.52. The highest BCUT2D eigenvalue weighted by molar-refractivity contribution is 5.93. The average molecular weight is 478 g/mol. The first-order valence-corrected chi connectivity index (χ1v) is 10.8. The Morgan fingerprint density at radius 1 is 1.24 bits per heavy atom. The van der Waals surface area contributed by atoms with E-state index in [1.54, 1.807) is 27.9 Å². The summed E-state index contributed by atoms with van der Waals surface area (Å²) in [5, 5.41) is 10.5. The number of nitrogens with one attached hydrogen (secondary N) is 2. The van der Waals surface area contributed by atoms with Crippen LogP contribution in [0.25, 0.3) is 5.65 Å². The standard InChI is InChI=1S/C22H25F2N7O.ClH/c1-14-13-29(10-7-25-14)22(32)27-18-12-26-31-9-6-20(28-21(18)31)30-8-2-3-19(30)16-11-15(23)4-5-17(16)24;/h4-6,9,11-12,14,19,25H,2-3,7-8,10,13H2,1H3,(H,27,32);1H/t14?,19-;/m1./s1. The minimum absolute atomic E-state index is 0. The number of hydrogen-bond donors (Lipinski definition) is 2. The van der Waals surface area contributed by atoms with Crippen molar-refractivity contribution >= 4 is 35.6 Å². The van der Waals surface area contributed by atoms with Crippen LogP contribution >= 0.6 is 12.4 Å². The third-order valence-corrected chi connectivity index (χ3v) is 6.12. The Labute approximate surface area is 196 Å². The smallest absolute Gasteiger partial charge is 0.322 e. The van der Waals surface area contributed by atoms with Crippen molar-refractivity contribution in [3.63, 3.8) is 0 Å². The molecule has 2 N–H and O–H groups in total. The monoisotopic (exact) mass is 477 g/mol. The van der Waals surface area contributed by atoms with Crippen LogP contribution in [-0.2, 0) is 0 Å². The van der Waals surface area contributed by atoms with E-state index in [-0.39, 0.29) is 30.5 Å². The molecule has 1 unspecified atom stereocenters. The minimum Gasteiger partial charge on any atom is -0.349 e. The lowest BCUT2D eigenvalue weighted by Gasteiger charge is -2.31. The van der Waals surface area contributed by atoms with Gasteiger partial charge in [0.25, 0.3) is 0 Å². The van der Waals surface area contributed by atoms with E-state index in [0.717, 1.165) is 19.0 Å². The van der Waals surface area contributed by atoms with Crippen LogP contribution in [0.3, 0.4) is 0 Å². The maximum absolute atomic E-state index is 14.4. The molecule has 2 aliphatic heterocycles. The SMILES string of the molecule is CC1CN(C(=O)Nc2cnn3ccc(N4CCC[C@@H]4c4cc(F)ccc4F)nc23)CCN1.Cl. The van der Waals surface area contributed by atoms with Crippen LogP contribution in [0.1, 0.15) is 31.4 Å². The summed E-state index contributed by atoms with van der Waals surface area (Å²) in [5.74, 6) is -0.248. The molecule has 5 rings (SSSR count). The zero-order valence-electron chi connectivity index (χ0n) is 18.2. The molecule has 2 atom stereocenters. The van der Waals surface area contributed by atoms with Crippen LogP contribution in [0.4, 0.5) is 25.1 Å². The Morgan fingerprint density at radius 2 is 2.09 bits per heavy atom. The second-order valence-corrected chi connectivity index (χ2v) is 8.36. The Hall–Kier alpha value is -2.98.